The highest BCUT2D eigenvalue weighted by Gasteiger charge is 2.18. The van der Waals surface area contributed by atoms with E-state index in [2.05, 4.69) is 43.5 Å². The van der Waals surface area contributed by atoms with Crippen LogP contribution >= 0.6 is 0 Å². The fraction of sp³-hybridized carbons (Fsp3) is 0.890. The van der Waals surface area contributed by atoms with Gasteiger partial charge in [0.05, 0.1) is 25.4 Å². The van der Waals surface area contributed by atoms with Crippen molar-refractivity contribution in [3.63, 3.8) is 0 Å². The van der Waals surface area contributed by atoms with Crippen molar-refractivity contribution in [2.24, 2.45) is 0 Å². The minimum atomic E-state index is -0.852. The van der Waals surface area contributed by atoms with Crippen molar-refractivity contribution in [1.82, 2.24) is 5.32 Å². The van der Waals surface area contributed by atoms with Crippen LogP contribution < -0.4 is 5.32 Å². The van der Waals surface area contributed by atoms with Crippen LogP contribution in [0.1, 0.15) is 393 Å². The van der Waals surface area contributed by atoms with Crippen LogP contribution in [0.25, 0.3) is 0 Å². The number of carbonyl (C=O) groups is 2. The molecule has 0 heterocycles. The first-order chi connectivity index (χ1) is 39.0. The zero-order valence-corrected chi connectivity index (χ0v) is 53.4. The van der Waals surface area contributed by atoms with Gasteiger partial charge in [0.25, 0.3) is 0 Å². The Balaban J connectivity index is 3.45. The standard InChI is InChI=1S/C73H139NO5/c1-3-5-7-9-11-13-15-17-19-21-23-24-25-26-27-30-33-37-41-45-49-53-57-61-65-71(76)70(69-75)74-72(77)66-62-58-54-50-46-42-38-34-31-28-29-32-36-40-44-48-52-56-60-64-68-79-73(78)67-63-59-55-51-47-43-39-35-22-20-18-16-14-12-10-8-6-4-2/h20,22,28,31,61,65,70-71,75-76H,3-19,21,23-27,29-30,32-60,62-64,66-69H2,1-2H3,(H,74,77)/b22-20-,31-28-,65-61+. The van der Waals surface area contributed by atoms with Gasteiger partial charge in [0.1, 0.15) is 0 Å². The number of amides is 1. The van der Waals surface area contributed by atoms with Crippen LogP contribution in [0.15, 0.2) is 36.5 Å². The lowest BCUT2D eigenvalue weighted by Crippen LogP contribution is -2.45. The van der Waals surface area contributed by atoms with E-state index in [9.17, 15) is 19.8 Å². The Morgan fingerprint density at radius 1 is 0.342 bits per heavy atom. The van der Waals surface area contributed by atoms with E-state index in [1.54, 1.807) is 6.08 Å². The summed E-state index contributed by atoms with van der Waals surface area (Å²) >= 11 is 0. The van der Waals surface area contributed by atoms with E-state index >= 15 is 0 Å². The summed E-state index contributed by atoms with van der Waals surface area (Å²) in [6.07, 6.45) is 87.9. The molecule has 0 aromatic carbocycles. The smallest absolute Gasteiger partial charge is 0.305 e. The van der Waals surface area contributed by atoms with Gasteiger partial charge in [-0.25, -0.2) is 0 Å². The minimum absolute atomic E-state index is 0.00338. The lowest BCUT2D eigenvalue weighted by Gasteiger charge is -2.20. The number of carbonyl (C=O) groups excluding carboxylic acids is 2. The fourth-order valence-corrected chi connectivity index (χ4v) is 11.2. The summed E-state index contributed by atoms with van der Waals surface area (Å²) in [5.41, 5.74) is 0. The molecule has 1 amide bonds. The molecule has 0 saturated heterocycles. The third-order valence-electron chi connectivity index (χ3n) is 16.6. The number of esters is 1. The van der Waals surface area contributed by atoms with Crippen LogP contribution in [0.4, 0.5) is 0 Å². The summed E-state index contributed by atoms with van der Waals surface area (Å²) in [4.78, 5) is 24.6. The van der Waals surface area contributed by atoms with Crippen LogP contribution in [-0.2, 0) is 14.3 Å². The number of nitrogens with one attached hydrogen (secondary N) is 1. The number of hydrogen-bond donors (Lipinski definition) is 3. The van der Waals surface area contributed by atoms with Crippen LogP contribution in [0.3, 0.4) is 0 Å². The Morgan fingerprint density at radius 2 is 0.595 bits per heavy atom. The van der Waals surface area contributed by atoms with E-state index < -0.39 is 12.1 Å². The maximum absolute atomic E-state index is 12.5. The van der Waals surface area contributed by atoms with E-state index in [0.29, 0.717) is 19.4 Å². The second-order valence-corrected chi connectivity index (χ2v) is 24.6. The van der Waals surface area contributed by atoms with Gasteiger partial charge in [0.2, 0.25) is 5.91 Å². The van der Waals surface area contributed by atoms with Crippen LogP contribution in [0.2, 0.25) is 0 Å². The molecule has 0 aliphatic rings. The molecule has 0 aromatic heterocycles. The Kier molecular flexibility index (Phi) is 66.9. The average molecular weight is 1110 g/mol. The predicted molar refractivity (Wildman–Crippen MR) is 347 cm³/mol. The third kappa shape index (κ3) is 65.1. The molecule has 466 valence electrons. The summed E-state index contributed by atoms with van der Waals surface area (Å²) in [5, 5.41) is 23.3. The van der Waals surface area contributed by atoms with E-state index in [4.69, 9.17) is 4.74 Å². The molecule has 2 unspecified atom stereocenters. The number of rotatable bonds is 67. The Hall–Kier alpha value is -1.92. The monoisotopic (exact) mass is 1110 g/mol. The molecule has 0 aliphatic heterocycles. The number of aliphatic hydroxyl groups excluding tert-OH is 2. The predicted octanol–water partition coefficient (Wildman–Crippen LogP) is 23.1. The highest BCUT2D eigenvalue weighted by atomic mass is 16.5. The first kappa shape index (κ1) is 77.1. The van der Waals surface area contributed by atoms with E-state index in [0.717, 1.165) is 51.4 Å². The maximum Gasteiger partial charge on any atom is 0.305 e. The Morgan fingerprint density at radius 3 is 0.899 bits per heavy atom. The van der Waals surface area contributed by atoms with Gasteiger partial charge >= 0.3 is 5.97 Å². The summed E-state index contributed by atoms with van der Waals surface area (Å²) in [7, 11) is 0. The number of unbranched alkanes of at least 4 members (excludes halogenated alkanes) is 52. The van der Waals surface area contributed by atoms with Crippen molar-refractivity contribution in [1.29, 1.82) is 0 Å². The molecule has 6 nitrogen and oxygen atoms in total. The zero-order valence-electron chi connectivity index (χ0n) is 53.4. The van der Waals surface area contributed by atoms with E-state index in [1.807, 2.05) is 6.08 Å². The van der Waals surface area contributed by atoms with Crippen molar-refractivity contribution in [3.8, 4) is 0 Å². The number of allylic oxidation sites excluding steroid dienone is 5. The number of aliphatic hydroxyl groups is 2. The quantitative estimate of drug-likeness (QED) is 0.0320. The number of ether oxygens (including phenoxy) is 1. The molecule has 6 heteroatoms. The lowest BCUT2D eigenvalue weighted by molar-refractivity contribution is -0.143. The molecule has 0 aromatic rings. The summed E-state index contributed by atoms with van der Waals surface area (Å²) < 4.78 is 5.50. The van der Waals surface area contributed by atoms with Crippen molar-refractivity contribution < 1.29 is 24.5 Å². The second kappa shape index (κ2) is 68.6. The van der Waals surface area contributed by atoms with Crippen molar-refractivity contribution >= 4 is 11.9 Å². The third-order valence-corrected chi connectivity index (χ3v) is 16.6. The zero-order chi connectivity index (χ0) is 57.1. The normalized spacial score (nSPS) is 12.7. The van der Waals surface area contributed by atoms with Crippen LogP contribution in [0.5, 0.6) is 0 Å². The van der Waals surface area contributed by atoms with Gasteiger partial charge in [-0.15, -0.1) is 0 Å². The van der Waals surface area contributed by atoms with Crippen LogP contribution in [0, 0.1) is 0 Å². The van der Waals surface area contributed by atoms with E-state index in [1.165, 1.54) is 315 Å². The first-order valence-electron chi connectivity index (χ1n) is 35.8. The Labute approximate surface area is 494 Å². The molecule has 2 atom stereocenters. The number of hydrogen-bond acceptors (Lipinski definition) is 5. The van der Waals surface area contributed by atoms with Crippen molar-refractivity contribution in [2.75, 3.05) is 13.2 Å². The first-order valence-corrected chi connectivity index (χ1v) is 35.8. The van der Waals surface area contributed by atoms with Crippen LogP contribution in [-0.4, -0.2) is 47.4 Å². The molecule has 0 saturated carbocycles. The topological polar surface area (TPSA) is 95.9 Å². The summed E-state index contributed by atoms with van der Waals surface area (Å²) in [5.74, 6) is -0.0695. The Bertz CT molecular complexity index is 1280. The van der Waals surface area contributed by atoms with Gasteiger partial charge in [0, 0.05) is 12.8 Å². The summed E-state index contributed by atoms with van der Waals surface area (Å²) in [6.45, 7) is 4.93. The van der Waals surface area contributed by atoms with Gasteiger partial charge in [-0.05, 0) is 83.5 Å². The average Bonchev–Trinajstić information content (AvgIpc) is 3.45. The molecule has 0 rings (SSSR count). The van der Waals surface area contributed by atoms with Gasteiger partial charge in [0.15, 0.2) is 0 Å². The molecule has 0 aliphatic carbocycles. The molecular weight excluding hydrogens is 971 g/mol. The molecular formula is C73H139NO5. The van der Waals surface area contributed by atoms with Crippen molar-refractivity contribution in [3.05, 3.63) is 36.5 Å². The second-order valence-electron chi connectivity index (χ2n) is 24.6. The molecule has 0 radical (unpaired) electrons. The lowest BCUT2D eigenvalue weighted by atomic mass is 10.0. The maximum atomic E-state index is 12.5. The highest BCUT2D eigenvalue weighted by molar-refractivity contribution is 5.76. The van der Waals surface area contributed by atoms with E-state index in [-0.39, 0.29) is 18.5 Å². The SMILES string of the molecule is CCCCCCCCC/C=C\CCCCCCCCCC(=O)OCCCCCCCCCCC/C=C\CCCCCCCCCC(=O)NC(CO)C(O)/C=C/CCCCCCCCCCCCCCCCCCCCCCCC. The molecule has 0 spiro atoms. The molecule has 3 N–H and O–H groups in total. The summed E-state index contributed by atoms with van der Waals surface area (Å²) in [6, 6.07) is -0.636. The van der Waals surface area contributed by atoms with Gasteiger partial charge in [-0.3, -0.25) is 9.59 Å². The molecule has 79 heavy (non-hydrogen) atoms. The minimum Gasteiger partial charge on any atom is -0.466 e. The van der Waals surface area contributed by atoms with Gasteiger partial charge in [-0.1, -0.05) is 333 Å². The molecule has 0 bridgehead atoms. The van der Waals surface area contributed by atoms with Gasteiger partial charge in [-0.2, -0.15) is 0 Å². The van der Waals surface area contributed by atoms with Gasteiger partial charge < -0.3 is 20.3 Å². The van der Waals surface area contributed by atoms with Crippen molar-refractivity contribution in [2.45, 2.75) is 405 Å². The highest BCUT2D eigenvalue weighted by Crippen LogP contribution is 2.18. The molecule has 0 fully saturated rings. The largest absolute Gasteiger partial charge is 0.466 e. The fourth-order valence-electron chi connectivity index (χ4n) is 11.2.